The molecule has 77 heavy (non-hydrogen) atoms. The van der Waals surface area contributed by atoms with Crippen molar-refractivity contribution in [1.82, 2.24) is 0 Å². The molecule has 6 aromatic carbocycles. The lowest BCUT2D eigenvalue weighted by molar-refractivity contribution is -0.662. The van der Waals surface area contributed by atoms with Crippen molar-refractivity contribution < 1.29 is 115 Å². The van der Waals surface area contributed by atoms with Gasteiger partial charge in [-0.15, -0.1) is 0 Å². The van der Waals surface area contributed by atoms with Gasteiger partial charge in [-0.3, -0.25) is 4.79 Å². The second-order valence-corrected chi connectivity index (χ2v) is 17.2. The summed E-state index contributed by atoms with van der Waals surface area (Å²) >= 11 is 0. The van der Waals surface area contributed by atoms with Gasteiger partial charge >= 0.3 is 49.4 Å². The number of halogens is 24. The number of nitrogens with zero attached hydrogens (tertiary/aromatic N) is 1. The van der Waals surface area contributed by atoms with Crippen molar-refractivity contribution >= 4 is 44.7 Å². The molecule has 0 amide bonds. The molecular formula is C50H28BF24NO. The van der Waals surface area contributed by atoms with E-state index >= 15 is 0 Å². The first-order valence-corrected chi connectivity index (χ1v) is 21.3. The molecule has 0 bridgehead atoms. The third-order valence-electron chi connectivity index (χ3n) is 11.9. The average molecular weight is 1130 g/mol. The second-order valence-electron chi connectivity index (χ2n) is 17.2. The molecule has 0 saturated carbocycles. The molecule has 0 aliphatic carbocycles. The summed E-state index contributed by atoms with van der Waals surface area (Å²) in [6, 6.07) is 11.5. The van der Waals surface area contributed by atoms with Gasteiger partial charge < -0.3 is 0 Å². The molecule has 0 saturated heterocycles. The quantitative estimate of drug-likeness (QED) is 0.0674. The van der Waals surface area contributed by atoms with E-state index in [-0.39, 0.29) is 5.78 Å². The number of benzene rings is 6. The van der Waals surface area contributed by atoms with E-state index in [4.69, 9.17) is 0 Å². The molecule has 27 heteroatoms. The van der Waals surface area contributed by atoms with Crippen LogP contribution in [-0.4, -0.2) is 11.9 Å². The van der Waals surface area contributed by atoms with E-state index in [1.165, 1.54) is 16.5 Å². The van der Waals surface area contributed by atoms with Crippen LogP contribution in [0.2, 0.25) is 0 Å². The van der Waals surface area contributed by atoms with E-state index in [9.17, 15) is 110 Å². The number of hydrogen-bond acceptors (Lipinski definition) is 1. The molecule has 7 rings (SSSR count). The fourth-order valence-corrected chi connectivity index (χ4v) is 8.47. The molecule has 1 heterocycles. The molecule has 0 radical (unpaired) electrons. The van der Waals surface area contributed by atoms with Crippen LogP contribution in [0.4, 0.5) is 105 Å². The Morgan fingerprint density at radius 1 is 0.364 bits per heavy atom. The Hall–Kier alpha value is -7.22. The van der Waals surface area contributed by atoms with Crippen LogP contribution in [0, 0.1) is 0 Å². The monoisotopic (exact) mass is 1130 g/mol. The molecule has 0 N–H and O–H groups in total. The maximum absolute atomic E-state index is 14.2. The first-order chi connectivity index (χ1) is 35.0. The molecule has 1 aromatic heterocycles. The maximum atomic E-state index is 14.2. The maximum Gasteiger partial charge on any atom is 0.416 e. The third kappa shape index (κ3) is 13.3. The molecule has 7 aromatic rings. The van der Waals surface area contributed by atoms with E-state index in [0.29, 0.717) is 0 Å². The van der Waals surface area contributed by atoms with Crippen LogP contribution >= 0.6 is 0 Å². The summed E-state index contributed by atoms with van der Waals surface area (Å²) in [4.78, 5) is 11.3. The predicted molar refractivity (Wildman–Crippen MR) is 230 cm³/mol. The smallest absolute Gasteiger partial charge is 0.295 e. The standard InChI is InChI=1S/C32H12BF24.C18H16NO/c34-25(35,36)13-1-14(26(37,38)39)6-21(5-13)33(22-7-15(27(40,41)42)2-16(8-22)28(43,44)45,23-9-17(29(46,47)48)3-18(10-23)30(49,50)51)24-11-19(31(52,53)54)4-20(12-24)32(55,56)57;1-14(20)16-10-8-15(9-11-16)13-19-12-4-6-17-5-2-3-7-18(17)19/h1-12H;2-12H,13H2,1H3/q-1;+1. The van der Waals surface area contributed by atoms with Crippen molar-refractivity contribution in [3.05, 3.63) is 195 Å². The summed E-state index contributed by atoms with van der Waals surface area (Å²) in [6.07, 6.45) is -52.7. The van der Waals surface area contributed by atoms with Crippen LogP contribution in [0.5, 0.6) is 0 Å². The zero-order valence-corrected chi connectivity index (χ0v) is 38.0. The highest BCUT2D eigenvalue weighted by Crippen LogP contribution is 2.41. The summed E-state index contributed by atoms with van der Waals surface area (Å²) in [5, 5.41) is 1.23. The highest BCUT2D eigenvalue weighted by atomic mass is 19.4. The van der Waals surface area contributed by atoms with E-state index < -0.39 is 195 Å². The van der Waals surface area contributed by atoms with Crippen molar-refractivity contribution in [2.75, 3.05) is 0 Å². The normalized spacial score (nSPS) is 13.4. The number of ketones is 1. The zero-order chi connectivity index (χ0) is 57.9. The lowest BCUT2D eigenvalue weighted by atomic mass is 9.12. The molecule has 0 spiro atoms. The van der Waals surface area contributed by atoms with E-state index in [1.54, 1.807) is 6.92 Å². The fourth-order valence-electron chi connectivity index (χ4n) is 8.47. The highest BCUT2D eigenvalue weighted by molar-refractivity contribution is 7.20. The molecule has 410 valence electrons. The molecule has 0 aliphatic rings. The minimum Gasteiger partial charge on any atom is -0.295 e. The number of rotatable bonds is 7. The van der Waals surface area contributed by atoms with Crippen molar-refractivity contribution in [1.29, 1.82) is 0 Å². The lowest BCUT2D eigenvalue weighted by Crippen LogP contribution is -2.75. The molecular weight excluding hydrogens is 1100 g/mol. The Labute approximate surface area is 417 Å². The summed E-state index contributed by atoms with van der Waals surface area (Å²) in [7, 11) is 0. The number of aromatic nitrogens is 1. The molecule has 0 atom stereocenters. The van der Waals surface area contributed by atoms with Crippen LogP contribution in [0.15, 0.2) is 140 Å². The van der Waals surface area contributed by atoms with Crippen LogP contribution in [0.3, 0.4) is 0 Å². The predicted octanol–water partition coefficient (Wildman–Crippen LogP) is 14.6. The largest absolute Gasteiger partial charge is 0.416 e. The SMILES string of the molecule is CC(=O)c1ccc(C[n+]2cccc3ccccc32)cc1.FC(F)(F)c1cc([B-](c2cc(C(F)(F)F)cc(C(F)(F)F)c2)(c2cc(C(F)(F)F)cc(C(F)(F)F)c2)c2cc(C(F)(F)F)cc(C(F)(F)F)c2)cc(C(F)(F)F)c1. The number of pyridine rings is 1. The summed E-state index contributed by atoms with van der Waals surface area (Å²) < 4.78 is 343. The Bertz CT molecular complexity index is 2860. The minimum atomic E-state index is -6.13. The fraction of sp³-hybridized carbons (Fsp3) is 0.200. The number of alkyl halides is 24. The van der Waals surface area contributed by atoms with Crippen molar-refractivity contribution in [2.24, 2.45) is 0 Å². The molecule has 0 fully saturated rings. The Morgan fingerprint density at radius 3 is 0.883 bits per heavy atom. The second kappa shape index (κ2) is 20.3. The number of carbonyl (C=O) groups is 1. The van der Waals surface area contributed by atoms with Crippen LogP contribution in [0.25, 0.3) is 10.9 Å². The number of hydrogen-bond donors (Lipinski definition) is 0. The zero-order valence-electron chi connectivity index (χ0n) is 38.0. The minimum absolute atomic E-state index is 0.106. The lowest BCUT2D eigenvalue weighted by Gasteiger charge is -2.46. The van der Waals surface area contributed by atoms with E-state index in [0.717, 1.165) is 12.1 Å². The van der Waals surface area contributed by atoms with Gasteiger partial charge in [-0.05, 0) is 43.3 Å². The molecule has 2 nitrogen and oxygen atoms in total. The van der Waals surface area contributed by atoms with E-state index in [2.05, 4.69) is 41.1 Å². The van der Waals surface area contributed by atoms with Gasteiger partial charge in [0.2, 0.25) is 5.52 Å². The number of Topliss-reactive ketones (excluding diaryl/α,β-unsaturated/α-hetero) is 1. The van der Waals surface area contributed by atoms with Crippen LogP contribution in [0.1, 0.15) is 67.4 Å². The Morgan fingerprint density at radius 2 is 0.623 bits per heavy atom. The summed E-state index contributed by atoms with van der Waals surface area (Å²) in [5.74, 6) is 0.106. The van der Waals surface area contributed by atoms with Crippen molar-refractivity contribution in [2.45, 2.75) is 62.9 Å². The number of carbonyl (C=O) groups excluding carboxylic acids is 1. The van der Waals surface area contributed by atoms with Gasteiger partial charge in [0.05, 0.1) is 44.5 Å². The van der Waals surface area contributed by atoms with Crippen LogP contribution in [-0.2, 0) is 56.0 Å². The first-order valence-electron chi connectivity index (χ1n) is 21.3. The third-order valence-corrected chi connectivity index (χ3v) is 11.9. The molecule has 0 unspecified atom stereocenters. The number of fused-ring (bicyclic) bond motifs is 1. The first kappa shape index (κ1) is 59.0. The molecule has 0 aliphatic heterocycles. The Balaban J connectivity index is 0.000000397. The van der Waals surface area contributed by atoms with Gasteiger partial charge in [-0.1, -0.05) is 84.9 Å². The summed E-state index contributed by atoms with van der Waals surface area (Å²) in [5.41, 5.74) is -27.0. The van der Waals surface area contributed by atoms with Crippen molar-refractivity contribution in [3.63, 3.8) is 0 Å². The van der Waals surface area contributed by atoms with Gasteiger partial charge in [-0.25, -0.2) is 0 Å². The number of para-hydroxylation sites is 1. The van der Waals surface area contributed by atoms with Crippen molar-refractivity contribution in [3.8, 4) is 0 Å². The van der Waals surface area contributed by atoms with Gasteiger partial charge in [0.15, 0.2) is 18.5 Å². The van der Waals surface area contributed by atoms with Gasteiger partial charge in [0.1, 0.15) is 6.15 Å². The average Bonchev–Trinajstić information content (AvgIpc) is 3.30. The van der Waals surface area contributed by atoms with Crippen LogP contribution < -0.4 is 26.4 Å². The van der Waals surface area contributed by atoms with Gasteiger partial charge in [0, 0.05) is 28.6 Å². The van der Waals surface area contributed by atoms with E-state index in [1.807, 2.05) is 30.3 Å². The highest BCUT2D eigenvalue weighted by Gasteiger charge is 2.47. The van der Waals surface area contributed by atoms with Gasteiger partial charge in [-0.2, -0.15) is 132 Å². The Kier molecular flexibility index (Phi) is 15.6. The summed E-state index contributed by atoms with van der Waals surface area (Å²) in [6.45, 7) is 2.40. The topological polar surface area (TPSA) is 20.9 Å². The van der Waals surface area contributed by atoms with Gasteiger partial charge in [0.25, 0.3) is 0 Å².